The molecule has 0 aromatic carbocycles. The van der Waals surface area contributed by atoms with E-state index in [1.807, 2.05) is 20.8 Å². The number of hydrogen-bond donors (Lipinski definition) is 2. The van der Waals surface area contributed by atoms with Crippen LogP contribution in [-0.4, -0.2) is 46.5 Å². The minimum atomic E-state index is -0.784. The van der Waals surface area contributed by atoms with Gasteiger partial charge in [-0.05, 0) is 44.9 Å². The number of piperidine rings is 1. The van der Waals surface area contributed by atoms with Crippen molar-refractivity contribution >= 4 is 17.9 Å². The van der Waals surface area contributed by atoms with Crippen molar-refractivity contribution in [1.82, 2.24) is 10.2 Å². The lowest BCUT2D eigenvalue weighted by Crippen LogP contribution is -2.58. The average molecular weight is 339 g/mol. The van der Waals surface area contributed by atoms with Crippen molar-refractivity contribution in [3.8, 4) is 0 Å². The molecule has 7 heteroatoms. The topological polar surface area (TPSA) is 102 Å². The van der Waals surface area contributed by atoms with Gasteiger partial charge in [-0.2, -0.15) is 0 Å². The second-order valence-electron chi connectivity index (χ2n) is 8.91. The van der Waals surface area contributed by atoms with E-state index in [4.69, 9.17) is 10.5 Å². The summed E-state index contributed by atoms with van der Waals surface area (Å²) >= 11 is 0. The number of fused-ring (bicyclic) bond motifs is 1. The van der Waals surface area contributed by atoms with Crippen LogP contribution in [-0.2, 0) is 14.3 Å². The summed E-state index contributed by atoms with van der Waals surface area (Å²) in [6.07, 6.45) is 0.881. The normalized spacial score (nSPS) is 27.2. The molecule has 4 atom stereocenters. The standard InChI is InChI=1S/C17H29N3O4/c1-16(2,3)12(19-15(23)24-17(4,5)6)14(22)20-10-7-9(10)8-11(20)13(18)21/h9-12H,7-8H2,1-6H3,(H2,18,21)(H,19,23). The summed E-state index contributed by atoms with van der Waals surface area (Å²) < 4.78 is 5.28. The van der Waals surface area contributed by atoms with Crippen molar-refractivity contribution in [3.05, 3.63) is 0 Å². The van der Waals surface area contributed by atoms with Gasteiger partial charge in [-0.3, -0.25) is 9.59 Å². The molecule has 136 valence electrons. The van der Waals surface area contributed by atoms with Gasteiger partial charge in [-0.15, -0.1) is 0 Å². The molecular weight excluding hydrogens is 310 g/mol. The number of likely N-dealkylation sites (tertiary alicyclic amines) is 1. The predicted molar refractivity (Wildman–Crippen MR) is 89.0 cm³/mol. The van der Waals surface area contributed by atoms with Gasteiger partial charge in [0.15, 0.2) is 0 Å². The smallest absolute Gasteiger partial charge is 0.408 e. The Morgan fingerprint density at radius 2 is 1.71 bits per heavy atom. The number of hydrogen-bond acceptors (Lipinski definition) is 4. The maximum absolute atomic E-state index is 13.1. The number of alkyl carbamates (subject to hydrolysis) is 1. The summed E-state index contributed by atoms with van der Waals surface area (Å²) in [6, 6.07) is -1.29. The quantitative estimate of drug-likeness (QED) is 0.811. The third-order valence-corrected chi connectivity index (χ3v) is 4.46. The van der Waals surface area contributed by atoms with Crippen LogP contribution in [0, 0.1) is 11.3 Å². The first-order valence-electron chi connectivity index (χ1n) is 8.42. The van der Waals surface area contributed by atoms with Gasteiger partial charge in [0.25, 0.3) is 0 Å². The highest BCUT2D eigenvalue weighted by molar-refractivity contribution is 5.92. The molecule has 0 aromatic heterocycles. The lowest BCUT2D eigenvalue weighted by atomic mass is 9.85. The molecule has 2 fully saturated rings. The largest absolute Gasteiger partial charge is 0.444 e. The Bertz CT molecular complexity index is 547. The van der Waals surface area contributed by atoms with E-state index in [1.165, 1.54) is 0 Å². The molecule has 3 N–H and O–H groups in total. The summed E-state index contributed by atoms with van der Waals surface area (Å²) in [5, 5.41) is 2.68. The highest BCUT2D eigenvalue weighted by Gasteiger charge is 2.57. The number of nitrogens with two attached hydrogens (primary N) is 1. The van der Waals surface area contributed by atoms with Crippen molar-refractivity contribution < 1.29 is 19.1 Å². The molecule has 7 nitrogen and oxygen atoms in total. The van der Waals surface area contributed by atoms with Crippen molar-refractivity contribution in [2.75, 3.05) is 0 Å². The summed E-state index contributed by atoms with van der Waals surface area (Å²) in [7, 11) is 0. The number of ether oxygens (including phenoxy) is 1. The summed E-state index contributed by atoms with van der Waals surface area (Å²) in [4.78, 5) is 38.5. The SMILES string of the molecule is CC(C)(C)OC(=O)NC(C(=O)N1C(C(N)=O)CC2CC21)C(C)(C)C. The number of nitrogens with zero attached hydrogens (tertiary/aromatic N) is 1. The Morgan fingerprint density at radius 1 is 1.12 bits per heavy atom. The Kier molecular flexibility index (Phi) is 4.59. The third kappa shape index (κ3) is 3.99. The van der Waals surface area contributed by atoms with Gasteiger partial charge in [-0.25, -0.2) is 4.79 Å². The van der Waals surface area contributed by atoms with Gasteiger partial charge in [-0.1, -0.05) is 20.8 Å². The molecule has 3 amide bonds. The Hall–Kier alpha value is -1.79. The van der Waals surface area contributed by atoms with Crippen LogP contribution < -0.4 is 11.1 Å². The predicted octanol–water partition coefficient (Wildman–Crippen LogP) is 1.40. The molecular formula is C17H29N3O4. The molecule has 1 saturated carbocycles. The number of nitrogens with one attached hydrogen (secondary N) is 1. The molecule has 2 aliphatic rings. The zero-order valence-electron chi connectivity index (χ0n) is 15.4. The van der Waals surface area contributed by atoms with E-state index in [1.54, 1.807) is 25.7 Å². The first-order chi connectivity index (χ1) is 10.8. The monoisotopic (exact) mass is 339 g/mol. The van der Waals surface area contributed by atoms with E-state index in [2.05, 4.69) is 5.32 Å². The molecule has 1 saturated heterocycles. The Balaban J connectivity index is 2.17. The minimum Gasteiger partial charge on any atom is -0.444 e. The van der Waals surface area contributed by atoms with E-state index in [-0.39, 0.29) is 11.9 Å². The zero-order chi connectivity index (χ0) is 18.4. The van der Waals surface area contributed by atoms with Crippen LogP contribution in [0.5, 0.6) is 0 Å². The minimum absolute atomic E-state index is 0.0697. The van der Waals surface area contributed by atoms with Crippen LogP contribution in [0.2, 0.25) is 0 Å². The number of rotatable bonds is 3. The Labute approximate surface area is 143 Å². The van der Waals surface area contributed by atoms with Gasteiger partial charge in [0, 0.05) is 6.04 Å². The van der Waals surface area contributed by atoms with E-state index < -0.39 is 35.1 Å². The van der Waals surface area contributed by atoms with E-state index in [0.29, 0.717) is 12.3 Å². The van der Waals surface area contributed by atoms with Crippen LogP contribution in [0.1, 0.15) is 54.4 Å². The first-order valence-corrected chi connectivity index (χ1v) is 8.42. The molecule has 24 heavy (non-hydrogen) atoms. The van der Waals surface area contributed by atoms with Crippen molar-refractivity contribution in [2.45, 2.75) is 78.1 Å². The second kappa shape index (κ2) is 5.93. The fraction of sp³-hybridized carbons (Fsp3) is 0.824. The molecule has 0 radical (unpaired) electrons. The molecule has 2 rings (SSSR count). The molecule has 1 aliphatic heterocycles. The van der Waals surface area contributed by atoms with Crippen molar-refractivity contribution in [2.24, 2.45) is 17.1 Å². The molecule has 0 aromatic rings. The molecule has 4 unspecified atom stereocenters. The fourth-order valence-electron chi connectivity index (χ4n) is 3.25. The number of carbonyl (C=O) groups excluding carboxylic acids is 3. The van der Waals surface area contributed by atoms with E-state index >= 15 is 0 Å². The maximum Gasteiger partial charge on any atom is 0.408 e. The maximum atomic E-state index is 13.1. The first kappa shape index (κ1) is 18.5. The van der Waals surface area contributed by atoms with Crippen LogP contribution in [0.25, 0.3) is 0 Å². The number of primary amides is 1. The molecule has 0 bridgehead atoms. The van der Waals surface area contributed by atoms with Gasteiger partial charge in [0.1, 0.15) is 17.7 Å². The van der Waals surface area contributed by atoms with Gasteiger partial charge < -0.3 is 20.7 Å². The van der Waals surface area contributed by atoms with Crippen LogP contribution in [0.3, 0.4) is 0 Å². The zero-order valence-corrected chi connectivity index (χ0v) is 15.4. The highest BCUT2D eigenvalue weighted by atomic mass is 16.6. The van der Waals surface area contributed by atoms with Gasteiger partial charge >= 0.3 is 6.09 Å². The number of amides is 3. The third-order valence-electron chi connectivity index (χ3n) is 4.46. The second-order valence-corrected chi connectivity index (χ2v) is 8.91. The Morgan fingerprint density at radius 3 is 2.17 bits per heavy atom. The molecule has 1 aliphatic carbocycles. The van der Waals surface area contributed by atoms with Crippen molar-refractivity contribution in [3.63, 3.8) is 0 Å². The van der Waals surface area contributed by atoms with Gasteiger partial charge in [0.2, 0.25) is 11.8 Å². The van der Waals surface area contributed by atoms with Crippen LogP contribution in [0.4, 0.5) is 4.79 Å². The lowest BCUT2D eigenvalue weighted by Gasteiger charge is -2.36. The number of carbonyl (C=O) groups is 3. The lowest BCUT2D eigenvalue weighted by molar-refractivity contribution is -0.142. The fourth-order valence-corrected chi connectivity index (χ4v) is 3.25. The van der Waals surface area contributed by atoms with E-state index in [9.17, 15) is 14.4 Å². The van der Waals surface area contributed by atoms with Crippen molar-refractivity contribution in [1.29, 1.82) is 0 Å². The van der Waals surface area contributed by atoms with Crippen LogP contribution >= 0.6 is 0 Å². The summed E-state index contributed by atoms with van der Waals surface area (Å²) in [6.45, 7) is 10.9. The summed E-state index contributed by atoms with van der Waals surface area (Å²) in [5.41, 5.74) is 4.28. The van der Waals surface area contributed by atoms with Gasteiger partial charge in [0.05, 0.1) is 0 Å². The van der Waals surface area contributed by atoms with E-state index in [0.717, 1.165) is 6.42 Å². The highest BCUT2D eigenvalue weighted by Crippen LogP contribution is 2.48. The molecule has 1 heterocycles. The average Bonchev–Trinajstić information content (AvgIpc) is 3.02. The summed E-state index contributed by atoms with van der Waals surface area (Å²) in [5.74, 6) is -0.392. The van der Waals surface area contributed by atoms with Crippen LogP contribution in [0.15, 0.2) is 0 Å². The molecule has 0 spiro atoms.